The Hall–Kier alpha value is -2.82. The van der Waals surface area contributed by atoms with E-state index in [-0.39, 0.29) is 0 Å². The van der Waals surface area contributed by atoms with Crippen molar-refractivity contribution in [3.63, 3.8) is 0 Å². The summed E-state index contributed by atoms with van der Waals surface area (Å²) in [6.07, 6.45) is 0.866. The van der Waals surface area contributed by atoms with Crippen LogP contribution < -0.4 is 10.0 Å². The zero-order chi connectivity index (χ0) is 22.3. The first kappa shape index (κ1) is 21.4. The number of hydrogen-bond donors (Lipinski definition) is 4. The van der Waals surface area contributed by atoms with Crippen LogP contribution >= 0.6 is 27.5 Å². The van der Waals surface area contributed by atoms with Gasteiger partial charge < -0.3 is 15.3 Å². The molecule has 0 saturated heterocycles. The normalized spacial score (nSPS) is 11.7. The lowest BCUT2D eigenvalue weighted by molar-refractivity contribution is -0.118. The minimum Gasteiger partial charge on any atom is -0.353 e. The van der Waals surface area contributed by atoms with Crippen LogP contribution in [-0.2, 0) is 14.8 Å². The number of fused-ring (bicyclic) bond motifs is 2. The molecular formula is C20H16BrClN4O4S. The lowest BCUT2D eigenvalue weighted by Gasteiger charge is -2.07. The average Bonchev–Trinajstić information content (AvgIpc) is 3.25. The quantitative estimate of drug-likeness (QED) is 0.319. The van der Waals surface area contributed by atoms with Crippen molar-refractivity contribution < 1.29 is 18.0 Å². The molecule has 0 radical (unpaired) electrons. The monoisotopic (exact) mass is 522 g/mol. The summed E-state index contributed by atoms with van der Waals surface area (Å²) in [6, 6.07) is 12.7. The van der Waals surface area contributed by atoms with E-state index in [0.29, 0.717) is 32.9 Å². The number of rotatable bonds is 5. The second-order valence-corrected chi connectivity index (χ2v) is 10.1. The molecule has 0 aliphatic heterocycles. The molecule has 0 fully saturated rings. The zero-order valence-electron chi connectivity index (χ0n) is 16.0. The fraction of sp³-hybridized carbons (Fsp3) is 0.100. The van der Waals surface area contributed by atoms with Crippen molar-refractivity contribution in [1.29, 1.82) is 0 Å². The van der Waals surface area contributed by atoms with Gasteiger partial charge in [0.15, 0.2) is 0 Å². The van der Waals surface area contributed by atoms with Crippen LogP contribution in [0, 0.1) is 0 Å². The molecule has 0 aliphatic rings. The van der Waals surface area contributed by atoms with Gasteiger partial charge in [-0.1, -0.05) is 33.6 Å². The predicted molar refractivity (Wildman–Crippen MR) is 124 cm³/mol. The third-order valence-electron chi connectivity index (χ3n) is 4.55. The van der Waals surface area contributed by atoms with E-state index in [2.05, 4.69) is 31.2 Å². The minimum atomic E-state index is -3.71. The number of halogens is 2. The third-order valence-corrected chi connectivity index (χ3v) is 5.88. The molecule has 4 aromatic rings. The van der Waals surface area contributed by atoms with Gasteiger partial charge in [-0.15, -0.1) is 0 Å². The van der Waals surface area contributed by atoms with Crippen molar-refractivity contribution in [2.75, 3.05) is 12.8 Å². The Morgan fingerprint density at radius 2 is 1.84 bits per heavy atom. The summed E-state index contributed by atoms with van der Waals surface area (Å²) in [5.74, 6) is -1.36. The molecule has 0 saturated carbocycles. The van der Waals surface area contributed by atoms with Crippen molar-refractivity contribution in [2.45, 2.75) is 0 Å². The van der Waals surface area contributed by atoms with Gasteiger partial charge in [0.05, 0.1) is 29.8 Å². The second-order valence-electron chi connectivity index (χ2n) is 6.96. The van der Waals surface area contributed by atoms with E-state index >= 15 is 0 Å². The van der Waals surface area contributed by atoms with Crippen LogP contribution in [0.4, 0.5) is 0 Å². The number of amides is 2. The number of aromatic nitrogens is 2. The highest BCUT2D eigenvalue weighted by molar-refractivity contribution is 9.10. The van der Waals surface area contributed by atoms with Crippen molar-refractivity contribution in [3.8, 4) is 11.4 Å². The van der Waals surface area contributed by atoms with Gasteiger partial charge >= 0.3 is 0 Å². The van der Waals surface area contributed by atoms with Crippen LogP contribution in [0.5, 0.6) is 0 Å². The molecule has 8 nitrogen and oxygen atoms in total. The van der Waals surface area contributed by atoms with Crippen molar-refractivity contribution in [1.82, 2.24) is 20.0 Å². The zero-order valence-corrected chi connectivity index (χ0v) is 19.2. The molecule has 2 aromatic heterocycles. The van der Waals surface area contributed by atoms with Gasteiger partial charge in [-0.3, -0.25) is 14.3 Å². The number of hydrogen-bond acceptors (Lipinski definition) is 4. The minimum absolute atomic E-state index is 0.326. The molecule has 160 valence electrons. The van der Waals surface area contributed by atoms with Crippen LogP contribution in [0.1, 0.15) is 10.4 Å². The largest absolute Gasteiger partial charge is 0.353 e. The lowest BCUT2D eigenvalue weighted by Crippen LogP contribution is -2.39. The van der Waals surface area contributed by atoms with Crippen LogP contribution in [0.3, 0.4) is 0 Å². The standard InChI is InChI=1S/C20H16BrClN4O4S/c1-31(29,30)26-17(27)9-23-20(28)18-13-4-2-11(21)8-15(13)25-19(18)16-7-10-6-12(22)3-5-14(10)24-16/h2-8,24-25H,9H2,1H3,(H,23,28)(H,26,27). The number of H-pyrrole nitrogens is 2. The fourth-order valence-corrected chi connectivity index (χ4v) is 4.36. The SMILES string of the molecule is CS(=O)(=O)NC(=O)CNC(=O)c1c(-c2cc3cc(Cl)ccc3[nH]2)[nH]c2cc(Br)ccc12. The average molecular weight is 524 g/mol. The summed E-state index contributed by atoms with van der Waals surface area (Å²) in [5, 5.41) is 4.60. The second kappa shape index (κ2) is 8.03. The molecule has 0 spiro atoms. The Balaban J connectivity index is 1.75. The molecule has 4 N–H and O–H groups in total. The van der Waals surface area contributed by atoms with E-state index in [1.165, 1.54) is 0 Å². The molecule has 0 unspecified atom stereocenters. The Labute approximate surface area is 190 Å². The highest BCUT2D eigenvalue weighted by Gasteiger charge is 2.22. The van der Waals surface area contributed by atoms with E-state index in [4.69, 9.17) is 11.6 Å². The van der Waals surface area contributed by atoms with Crippen LogP contribution in [0.15, 0.2) is 46.9 Å². The number of nitrogens with one attached hydrogen (secondary N) is 4. The molecule has 11 heteroatoms. The number of aromatic amines is 2. The topological polar surface area (TPSA) is 124 Å². The highest BCUT2D eigenvalue weighted by atomic mass is 79.9. The van der Waals surface area contributed by atoms with Gasteiger partial charge in [0.25, 0.3) is 11.8 Å². The van der Waals surface area contributed by atoms with E-state index < -0.39 is 28.4 Å². The molecular weight excluding hydrogens is 508 g/mol. The summed E-state index contributed by atoms with van der Waals surface area (Å²) in [5.41, 5.74) is 3.08. The van der Waals surface area contributed by atoms with Gasteiger partial charge in [-0.05, 0) is 36.4 Å². The molecule has 0 aliphatic carbocycles. The summed E-state index contributed by atoms with van der Waals surface area (Å²) in [7, 11) is -3.71. The lowest BCUT2D eigenvalue weighted by atomic mass is 10.1. The first-order chi connectivity index (χ1) is 14.6. The van der Waals surface area contributed by atoms with E-state index in [1.54, 1.807) is 18.2 Å². The van der Waals surface area contributed by atoms with Gasteiger partial charge in [0.2, 0.25) is 10.0 Å². The van der Waals surface area contributed by atoms with Crippen molar-refractivity contribution in [2.24, 2.45) is 0 Å². The number of sulfonamides is 1. The maximum Gasteiger partial charge on any atom is 0.254 e. The summed E-state index contributed by atoms with van der Waals surface area (Å²) in [6.45, 7) is -0.489. The maximum atomic E-state index is 13.0. The van der Waals surface area contributed by atoms with Crippen LogP contribution in [0.25, 0.3) is 33.2 Å². The molecule has 31 heavy (non-hydrogen) atoms. The van der Waals surface area contributed by atoms with E-state index in [0.717, 1.165) is 21.6 Å². The molecule has 2 heterocycles. The molecule has 4 rings (SSSR count). The fourth-order valence-electron chi connectivity index (χ4n) is 3.34. The summed E-state index contributed by atoms with van der Waals surface area (Å²) >= 11 is 9.50. The van der Waals surface area contributed by atoms with Crippen LogP contribution in [0.2, 0.25) is 5.02 Å². The number of benzene rings is 2. The van der Waals surface area contributed by atoms with E-state index in [1.807, 2.05) is 29.0 Å². The smallest absolute Gasteiger partial charge is 0.254 e. The summed E-state index contributed by atoms with van der Waals surface area (Å²) in [4.78, 5) is 31.4. The third kappa shape index (κ3) is 4.60. The Morgan fingerprint density at radius 3 is 2.58 bits per heavy atom. The first-order valence-electron chi connectivity index (χ1n) is 8.99. The van der Waals surface area contributed by atoms with E-state index in [9.17, 15) is 18.0 Å². The molecule has 0 atom stereocenters. The van der Waals surface area contributed by atoms with Crippen molar-refractivity contribution >= 4 is 71.2 Å². The Kier molecular flexibility index (Phi) is 5.54. The van der Waals surface area contributed by atoms with Crippen molar-refractivity contribution in [3.05, 3.63) is 57.5 Å². The first-order valence-corrected chi connectivity index (χ1v) is 12.1. The Bertz CT molecular complexity index is 1460. The predicted octanol–water partition coefficient (Wildman–Crippen LogP) is 3.54. The van der Waals surface area contributed by atoms with Gasteiger partial charge in [-0.2, -0.15) is 0 Å². The van der Waals surface area contributed by atoms with Gasteiger partial charge in [-0.25, -0.2) is 8.42 Å². The maximum absolute atomic E-state index is 13.0. The summed E-state index contributed by atoms with van der Waals surface area (Å²) < 4.78 is 25.1. The number of carbonyl (C=O) groups is 2. The van der Waals surface area contributed by atoms with Gasteiger partial charge in [0.1, 0.15) is 0 Å². The van der Waals surface area contributed by atoms with Crippen LogP contribution in [-0.4, -0.2) is 43.0 Å². The molecule has 2 aromatic carbocycles. The Morgan fingerprint density at radius 1 is 1.06 bits per heavy atom. The molecule has 2 amide bonds. The molecule has 0 bridgehead atoms. The number of carbonyl (C=O) groups excluding carboxylic acids is 2. The highest BCUT2D eigenvalue weighted by Crippen LogP contribution is 2.33. The van der Waals surface area contributed by atoms with Gasteiger partial charge in [0, 0.05) is 31.3 Å².